The molecule has 3 heteroatoms. The summed E-state index contributed by atoms with van der Waals surface area (Å²) in [5.41, 5.74) is 0.695. The number of rotatable bonds is 1. The lowest BCUT2D eigenvalue weighted by Gasteiger charge is -2.19. The average molecular weight is 196 g/mol. The standard InChI is InChI=1S/C9H14N2O.C2H6/c1-7-5-11-8(6-10-7)12-9(2,3)4;1-2/h5-6H,1-4H3;1-2H3. The molecule has 0 unspecified atom stereocenters. The third-order valence-corrected chi connectivity index (χ3v) is 1.17. The van der Waals surface area contributed by atoms with E-state index < -0.39 is 0 Å². The molecule has 3 nitrogen and oxygen atoms in total. The van der Waals surface area contributed by atoms with Gasteiger partial charge in [-0.3, -0.25) is 4.98 Å². The van der Waals surface area contributed by atoms with Gasteiger partial charge in [0.2, 0.25) is 5.88 Å². The van der Waals surface area contributed by atoms with Gasteiger partial charge in [-0.1, -0.05) is 13.8 Å². The normalized spacial score (nSPS) is 10.1. The van der Waals surface area contributed by atoms with E-state index in [1.165, 1.54) is 0 Å². The molecule has 0 saturated carbocycles. The highest BCUT2D eigenvalue weighted by molar-refractivity contribution is 5.06. The first-order valence-electron chi connectivity index (χ1n) is 4.95. The van der Waals surface area contributed by atoms with Crippen molar-refractivity contribution in [1.82, 2.24) is 9.97 Å². The predicted octanol–water partition coefficient (Wildman–Crippen LogP) is 2.99. The molecule has 0 fully saturated rings. The lowest BCUT2D eigenvalue weighted by Crippen LogP contribution is -2.23. The molecule has 0 aromatic carbocycles. The molecule has 14 heavy (non-hydrogen) atoms. The second-order valence-electron chi connectivity index (χ2n) is 3.71. The van der Waals surface area contributed by atoms with Gasteiger partial charge in [-0.2, -0.15) is 0 Å². The summed E-state index contributed by atoms with van der Waals surface area (Å²) in [5, 5.41) is 0. The van der Waals surface area contributed by atoms with Crippen LogP contribution in [0.3, 0.4) is 0 Å². The smallest absolute Gasteiger partial charge is 0.232 e. The van der Waals surface area contributed by atoms with E-state index in [9.17, 15) is 0 Å². The maximum absolute atomic E-state index is 5.48. The number of aromatic nitrogens is 2. The topological polar surface area (TPSA) is 35.0 Å². The van der Waals surface area contributed by atoms with E-state index >= 15 is 0 Å². The van der Waals surface area contributed by atoms with Crippen molar-refractivity contribution in [2.24, 2.45) is 0 Å². The Balaban J connectivity index is 0.000000791. The van der Waals surface area contributed by atoms with E-state index in [1.54, 1.807) is 12.4 Å². The lowest BCUT2D eigenvalue weighted by molar-refractivity contribution is 0.123. The van der Waals surface area contributed by atoms with Gasteiger partial charge >= 0.3 is 0 Å². The molecule has 0 aliphatic rings. The van der Waals surface area contributed by atoms with Crippen LogP contribution < -0.4 is 4.74 Å². The van der Waals surface area contributed by atoms with Crippen molar-refractivity contribution in [3.63, 3.8) is 0 Å². The minimum Gasteiger partial charge on any atom is -0.471 e. The van der Waals surface area contributed by atoms with E-state index in [0.717, 1.165) is 5.69 Å². The summed E-state index contributed by atoms with van der Waals surface area (Å²) < 4.78 is 5.48. The Hall–Kier alpha value is -1.12. The van der Waals surface area contributed by atoms with E-state index in [0.29, 0.717) is 5.88 Å². The fourth-order valence-corrected chi connectivity index (χ4v) is 0.747. The first kappa shape index (κ1) is 12.9. The Morgan fingerprint density at radius 1 is 1.07 bits per heavy atom. The Labute approximate surface area is 86.5 Å². The average Bonchev–Trinajstić information content (AvgIpc) is 2.10. The fraction of sp³-hybridized carbons (Fsp3) is 0.636. The Morgan fingerprint density at radius 3 is 2.00 bits per heavy atom. The summed E-state index contributed by atoms with van der Waals surface area (Å²) in [4.78, 5) is 8.15. The first-order chi connectivity index (χ1) is 6.47. The maximum Gasteiger partial charge on any atom is 0.232 e. The van der Waals surface area contributed by atoms with Gasteiger partial charge in [0.15, 0.2) is 0 Å². The van der Waals surface area contributed by atoms with Crippen molar-refractivity contribution in [3.8, 4) is 5.88 Å². The van der Waals surface area contributed by atoms with Crippen molar-refractivity contribution in [2.75, 3.05) is 0 Å². The molecule has 80 valence electrons. The number of ether oxygens (including phenoxy) is 1. The van der Waals surface area contributed by atoms with Crippen molar-refractivity contribution >= 4 is 0 Å². The largest absolute Gasteiger partial charge is 0.471 e. The Morgan fingerprint density at radius 2 is 1.64 bits per heavy atom. The summed E-state index contributed by atoms with van der Waals surface area (Å²) in [6.07, 6.45) is 3.33. The second kappa shape index (κ2) is 5.58. The molecule has 1 aromatic heterocycles. The van der Waals surface area contributed by atoms with Crippen LogP contribution >= 0.6 is 0 Å². The highest BCUT2D eigenvalue weighted by atomic mass is 16.5. The molecule has 0 radical (unpaired) electrons. The number of hydrogen-bond donors (Lipinski definition) is 0. The summed E-state index contributed by atoms with van der Waals surface area (Å²) in [6.45, 7) is 11.8. The third-order valence-electron chi connectivity index (χ3n) is 1.17. The van der Waals surface area contributed by atoms with E-state index in [-0.39, 0.29) is 5.60 Å². The lowest BCUT2D eigenvalue weighted by atomic mass is 10.2. The highest BCUT2D eigenvalue weighted by Gasteiger charge is 2.12. The van der Waals surface area contributed by atoms with Crippen LogP contribution in [0.2, 0.25) is 0 Å². The van der Waals surface area contributed by atoms with Gasteiger partial charge in [0.1, 0.15) is 5.60 Å². The molecule has 0 aliphatic carbocycles. The minimum absolute atomic E-state index is 0.204. The zero-order valence-electron chi connectivity index (χ0n) is 9.96. The van der Waals surface area contributed by atoms with Gasteiger partial charge in [0.05, 0.1) is 18.1 Å². The number of aryl methyl sites for hydroxylation is 1. The van der Waals surface area contributed by atoms with Gasteiger partial charge in [-0.25, -0.2) is 4.98 Å². The molecule has 0 N–H and O–H groups in total. The monoisotopic (exact) mass is 196 g/mol. The summed E-state index contributed by atoms with van der Waals surface area (Å²) >= 11 is 0. The van der Waals surface area contributed by atoms with Crippen LogP contribution in [0.1, 0.15) is 40.3 Å². The molecule has 1 heterocycles. The van der Waals surface area contributed by atoms with Crippen LogP contribution in [0.15, 0.2) is 12.4 Å². The first-order valence-corrected chi connectivity index (χ1v) is 4.95. The van der Waals surface area contributed by atoms with Crippen molar-refractivity contribution in [1.29, 1.82) is 0 Å². The van der Waals surface area contributed by atoms with Crippen LogP contribution in [0.25, 0.3) is 0 Å². The van der Waals surface area contributed by atoms with Gasteiger partial charge in [0.25, 0.3) is 0 Å². The number of hydrogen-bond acceptors (Lipinski definition) is 3. The molecule has 0 aliphatic heterocycles. The zero-order valence-corrected chi connectivity index (χ0v) is 9.96. The highest BCUT2D eigenvalue weighted by Crippen LogP contribution is 2.13. The molecule has 0 atom stereocenters. The van der Waals surface area contributed by atoms with E-state index in [1.807, 2.05) is 41.5 Å². The zero-order chi connectivity index (χ0) is 11.2. The van der Waals surface area contributed by atoms with Gasteiger partial charge < -0.3 is 4.74 Å². The van der Waals surface area contributed by atoms with Crippen LogP contribution in [0.4, 0.5) is 0 Å². The third kappa shape index (κ3) is 5.51. The molecule has 0 bridgehead atoms. The molecule has 0 amide bonds. The summed E-state index contributed by atoms with van der Waals surface area (Å²) in [7, 11) is 0. The molecule has 1 rings (SSSR count). The van der Waals surface area contributed by atoms with Crippen LogP contribution in [-0.4, -0.2) is 15.6 Å². The number of nitrogens with zero attached hydrogens (tertiary/aromatic N) is 2. The van der Waals surface area contributed by atoms with Gasteiger partial charge in [0, 0.05) is 0 Å². The van der Waals surface area contributed by atoms with Crippen molar-refractivity contribution in [2.45, 2.75) is 47.1 Å². The van der Waals surface area contributed by atoms with Gasteiger partial charge in [-0.05, 0) is 27.7 Å². The van der Waals surface area contributed by atoms with E-state index in [4.69, 9.17) is 4.74 Å². The van der Waals surface area contributed by atoms with Crippen LogP contribution in [-0.2, 0) is 0 Å². The summed E-state index contributed by atoms with van der Waals surface area (Å²) in [5.74, 6) is 0.577. The van der Waals surface area contributed by atoms with E-state index in [2.05, 4.69) is 9.97 Å². The van der Waals surface area contributed by atoms with Gasteiger partial charge in [-0.15, -0.1) is 0 Å². The molecular formula is C11H20N2O. The fourth-order valence-electron chi connectivity index (χ4n) is 0.747. The molecular weight excluding hydrogens is 176 g/mol. The Bertz CT molecular complexity index is 249. The second-order valence-corrected chi connectivity index (χ2v) is 3.71. The van der Waals surface area contributed by atoms with Crippen molar-refractivity contribution in [3.05, 3.63) is 18.1 Å². The summed E-state index contributed by atoms with van der Waals surface area (Å²) in [6, 6.07) is 0. The minimum atomic E-state index is -0.204. The Kier molecular flexibility index (Phi) is 5.13. The molecule has 0 spiro atoms. The molecule has 0 saturated heterocycles. The quantitative estimate of drug-likeness (QED) is 0.692. The van der Waals surface area contributed by atoms with Crippen molar-refractivity contribution < 1.29 is 4.74 Å². The predicted molar refractivity (Wildman–Crippen MR) is 58.5 cm³/mol. The SMILES string of the molecule is CC.Cc1cnc(OC(C)(C)C)cn1. The van der Waals surface area contributed by atoms with Crippen LogP contribution in [0, 0.1) is 6.92 Å². The maximum atomic E-state index is 5.48. The van der Waals surface area contributed by atoms with Crippen LogP contribution in [0.5, 0.6) is 5.88 Å². The molecule has 1 aromatic rings.